The summed E-state index contributed by atoms with van der Waals surface area (Å²) in [5.74, 6) is 0.120. The summed E-state index contributed by atoms with van der Waals surface area (Å²) in [6, 6.07) is 15.4. The van der Waals surface area contributed by atoms with Gasteiger partial charge in [0.25, 0.3) is 5.91 Å². The van der Waals surface area contributed by atoms with Gasteiger partial charge in [0, 0.05) is 16.7 Å². The third-order valence-corrected chi connectivity index (χ3v) is 3.69. The van der Waals surface area contributed by atoms with E-state index in [0.29, 0.717) is 17.8 Å². The maximum absolute atomic E-state index is 12.1. The number of nitrogen functional groups attached to an aromatic ring is 1. The number of carbonyl (C=O) groups excluding carboxylic acids is 1. The normalized spacial score (nSPS) is 11.9. The molecule has 104 valence electrons. The van der Waals surface area contributed by atoms with Gasteiger partial charge in [-0.15, -0.1) is 0 Å². The van der Waals surface area contributed by atoms with Gasteiger partial charge in [0.1, 0.15) is 0 Å². The molecule has 0 bridgehead atoms. The van der Waals surface area contributed by atoms with E-state index in [9.17, 15) is 4.79 Å². The number of hydrogen-bond donors (Lipinski definition) is 2. The molecule has 1 unspecified atom stereocenters. The first-order valence-corrected chi connectivity index (χ1v) is 7.25. The number of rotatable bonds is 4. The molecule has 0 spiro atoms. The van der Waals surface area contributed by atoms with Crippen LogP contribution < -0.4 is 11.1 Å². The largest absolute Gasteiger partial charge is 0.398 e. The number of amides is 1. The summed E-state index contributed by atoms with van der Waals surface area (Å²) in [7, 11) is 0. The molecule has 0 fully saturated rings. The number of nitrogens with two attached hydrogens (primary N) is 1. The number of anilines is 1. The lowest BCUT2D eigenvalue weighted by atomic mass is 10.0. The van der Waals surface area contributed by atoms with E-state index in [1.54, 1.807) is 12.1 Å². The van der Waals surface area contributed by atoms with Crippen molar-refractivity contribution in [3.05, 3.63) is 64.1 Å². The molecule has 0 aromatic heterocycles. The highest BCUT2D eigenvalue weighted by molar-refractivity contribution is 9.10. The van der Waals surface area contributed by atoms with Crippen LogP contribution in [0.3, 0.4) is 0 Å². The molecular weight excluding hydrogens is 316 g/mol. The molecule has 0 saturated heterocycles. The van der Waals surface area contributed by atoms with E-state index in [-0.39, 0.29) is 11.8 Å². The van der Waals surface area contributed by atoms with E-state index in [2.05, 4.69) is 40.3 Å². The van der Waals surface area contributed by atoms with Crippen LogP contribution >= 0.6 is 15.9 Å². The second kappa shape index (κ2) is 6.57. The Balaban J connectivity index is 1.99. The van der Waals surface area contributed by atoms with Gasteiger partial charge in [-0.3, -0.25) is 4.79 Å². The minimum atomic E-state index is -0.141. The van der Waals surface area contributed by atoms with Crippen molar-refractivity contribution in [2.45, 2.75) is 12.8 Å². The third-order valence-electron chi connectivity index (χ3n) is 3.20. The van der Waals surface area contributed by atoms with Gasteiger partial charge in [0.15, 0.2) is 0 Å². The minimum Gasteiger partial charge on any atom is -0.398 e. The Morgan fingerprint density at radius 2 is 1.95 bits per heavy atom. The number of nitrogens with one attached hydrogen (secondary N) is 1. The lowest BCUT2D eigenvalue weighted by molar-refractivity contribution is 0.0952. The standard InChI is InChI=1S/C16H17BrN2O/c1-11(12-5-3-2-4-6-12)10-19-16(20)14-8-7-13(17)9-15(14)18/h2-9,11H,10,18H2,1H3,(H,19,20). The molecule has 0 saturated carbocycles. The summed E-state index contributed by atoms with van der Waals surface area (Å²) in [6.07, 6.45) is 0. The van der Waals surface area contributed by atoms with Crippen molar-refractivity contribution in [2.75, 3.05) is 12.3 Å². The molecule has 2 aromatic carbocycles. The topological polar surface area (TPSA) is 55.1 Å². The Labute approximate surface area is 127 Å². The van der Waals surface area contributed by atoms with Crippen LogP contribution in [0.2, 0.25) is 0 Å². The second-order valence-electron chi connectivity index (χ2n) is 4.75. The molecule has 0 aliphatic carbocycles. The van der Waals surface area contributed by atoms with E-state index in [0.717, 1.165) is 4.47 Å². The van der Waals surface area contributed by atoms with Crippen LogP contribution in [-0.4, -0.2) is 12.5 Å². The van der Waals surface area contributed by atoms with Crippen molar-refractivity contribution in [3.8, 4) is 0 Å². The Hall–Kier alpha value is -1.81. The molecule has 0 heterocycles. The van der Waals surface area contributed by atoms with Gasteiger partial charge in [-0.1, -0.05) is 53.2 Å². The molecule has 0 radical (unpaired) electrons. The van der Waals surface area contributed by atoms with Gasteiger partial charge >= 0.3 is 0 Å². The van der Waals surface area contributed by atoms with E-state index in [1.165, 1.54) is 5.56 Å². The quantitative estimate of drug-likeness (QED) is 0.841. The van der Waals surface area contributed by atoms with Crippen molar-refractivity contribution in [1.82, 2.24) is 5.32 Å². The maximum Gasteiger partial charge on any atom is 0.253 e. The highest BCUT2D eigenvalue weighted by Gasteiger charge is 2.11. The zero-order chi connectivity index (χ0) is 14.5. The van der Waals surface area contributed by atoms with Gasteiger partial charge in [0.05, 0.1) is 5.56 Å². The fourth-order valence-electron chi connectivity index (χ4n) is 1.98. The maximum atomic E-state index is 12.1. The third kappa shape index (κ3) is 3.61. The molecule has 1 atom stereocenters. The number of carbonyl (C=O) groups is 1. The SMILES string of the molecule is CC(CNC(=O)c1ccc(Br)cc1N)c1ccccc1. The lowest BCUT2D eigenvalue weighted by Crippen LogP contribution is -2.28. The monoisotopic (exact) mass is 332 g/mol. The van der Waals surface area contributed by atoms with Crippen molar-refractivity contribution in [1.29, 1.82) is 0 Å². The molecule has 3 N–H and O–H groups in total. The van der Waals surface area contributed by atoms with Gasteiger partial charge in [-0.2, -0.15) is 0 Å². The van der Waals surface area contributed by atoms with E-state index in [4.69, 9.17) is 5.73 Å². The van der Waals surface area contributed by atoms with Crippen molar-refractivity contribution in [2.24, 2.45) is 0 Å². The first kappa shape index (κ1) is 14.6. The van der Waals surface area contributed by atoms with Crippen molar-refractivity contribution >= 4 is 27.5 Å². The van der Waals surface area contributed by atoms with E-state index < -0.39 is 0 Å². The first-order valence-electron chi connectivity index (χ1n) is 6.46. The second-order valence-corrected chi connectivity index (χ2v) is 5.67. The summed E-state index contributed by atoms with van der Waals surface area (Å²) >= 11 is 3.33. The average molecular weight is 333 g/mol. The predicted octanol–water partition coefficient (Wildman–Crippen LogP) is 3.56. The zero-order valence-electron chi connectivity index (χ0n) is 11.3. The molecule has 3 nitrogen and oxygen atoms in total. The van der Waals surface area contributed by atoms with Crippen LogP contribution in [0.5, 0.6) is 0 Å². The number of hydrogen-bond acceptors (Lipinski definition) is 2. The Bertz CT molecular complexity index is 599. The summed E-state index contributed by atoms with van der Waals surface area (Å²) in [6.45, 7) is 2.67. The van der Waals surface area contributed by atoms with Gasteiger partial charge < -0.3 is 11.1 Å². The first-order chi connectivity index (χ1) is 9.58. The summed E-state index contributed by atoms with van der Waals surface area (Å²) in [5, 5.41) is 2.92. The summed E-state index contributed by atoms with van der Waals surface area (Å²) in [5.41, 5.74) is 8.04. The molecule has 1 amide bonds. The average Bonchev–Trinajstić information content (AvgIpc) is 2.45. The Kier molecular flexibility index (Phi) is 4.79. The molecule has 4 heteroatoms. The van der Waals surface area contributed by atoms with Crippen LogP contribution in [0.25, 0.3) is 0 Å². The van der Waals surface area contributed by atoms with Crippen LogP contribution in [0, 0.1) is 0 Å². The molecule has 0 aliphatic rings. The number of benzene rings is 2. The smallest absolute Gasteiger partial charge is 0.253 e. The van der Waals surface area contributed by atoms with Crippen molar-refractivity contribution < 1.29 is 4.79 Å². The van der Waals surface area contributed by atoms with Crippen LogP contribution in [0.1, 0.15) is 28.8 Å². The van der Waals surface area contributed by atoms with Gasteiger partial charge in [0.2, 0.25) is 0 Å². The molecular formula is C16H17BrN2O. The van der Waals surface area contributed by atoms with E-state index in [1.807, 2.05) is 24.3 Å². The zero-order valence-corrected chi connectivity index (χ0v) is 12.9. The van der Waals surface area contributed by atoms with Crippen LogP contribution in [0.4, 0.5) is 5.69 Å². The Morgan fingerprint density at radius 1 is 1.25 bits per heavy atom. The fraction of sp³-hybridized carbons (Fsp3) is 0.188. The summed E-state index contributed by atoms with van der Waals surface area (Å²) in [4.78, 5) is 12.1. The van der Waals surface area contributed by atoms with Gasteiger partial charge in [-0.25, -0.2) is 0 Å². The summed E-state index contributed by atoms with van der Waals surface area (Å²) < 4.78 is 0.865. The number of halogens is 1. The minimum absolute atomic E-state index is 0.141. The molecule has 2 rings (SSSR count). The highest BCUT2D eigenvalue weighted by Crippen LogP contribution is 2.19. The highest BCUT2D eigenvalue weighted by atomic mass is 79.9. The Morgan fingerprint density at radius 3 is 2.60 bits per heavy atom. The van der Waals surface area contributed by atoms with Gasteiger partial charge in [-0.05, 0) is 29.7 Å². The molecule has 20 heavy (non-hydrogen) atoms. The molecule has 2 aromatic rings. The van der Waals surface area contributed by atoms with Crippen LogP contribution in [0.15, 0.2) is 53.0 Å². The van der Waals surface area contributed by atoms with Crippen molar-refractivity contribution in [3.63, 3.8) is 0 Å². The predicted molar refractivity (Wildman–Crippen MR) is 85.7 cm³/mol. The lowest BCUT2D eigenvalue weighted by Gasteiger charge is -2.14. The van der Waals surface area contributed by atoms with E-state index >= 15 is 0 Å². The molecule has 0 aliphatic heterocycles. The van der Waals surface area contributed by atoms with Crippen LogP contribution in [-0.2, 0) is 0 Å². The fourth-order valence-corrected chi connectivity index (χ4v) is 2.36.